The molecule has 4 rings (SSSR count). The summed E-state index contributed by atoms with van der Waals surface area (Å²) in [4.78, 5) is 4.66. The van der Waals surface area contributed by atoms with Crippen molar-refractivity contribution >= 4 is 28.2 Å². The molecule has 0 aliphatic carbocycles. The summed E-state index contributed by atoms with van der Waals surface area (Å²) in [5.41, 5.74) is 4.81. The van der Waals surface area contributed by atoms with Crippen LogP contribution in [-0.4, -0.2) is 19.6 Å². The van der Waals surface area contributed by atoms with Crippen molar-refractivity contribution in [1.82, 2.24) is 19.6 Å². The Kier molecular flexibility index (Phi) is 2.57. The van der Waals surface area contributed by atoms with Gasteiger partial charge >= 0.3 is 0 Å². The summed E-state index contributed by atoms with van der Waals surface area (Å²) >= 11 is 0. The summed E-state index contributed by atoms with van der Waals surface area (Å²) in [5.74, 6) is 0.704. The van der Waals surface area contributed by atoms with Crippen molar-refractivity contribution in [3.05, 3.63) is 60.4 Å². The second-order valence-corrected chi connectivity index (χ2v) is 4.96. The lowest BCUT2D eigenvalue weighted by atomic mass is 10.2. The highest BCUT2D eigenvalue weighted by atomic mass is 15.3. The molecule has 0 amide bonds. The highest BCUT2D eigenvalue weighted by molar-refractivity contribution is 5.83. The van der Waals surface area contributed by atoms with E-state index in [2.05, 4.69) is 39.6 Å². The number of hydrogen-bond donors (Lipinski definition) is 1. The van der Waals surface area contributed by atoms with Crippen molar-refractivity contribution in [1.29, 1.82) is 0 Å². The molecular weight excluding hydrogens is 262 g/mol. The number of anilines is 2. The van der Waals surface area contributed by atoms with Gasteiger partial charge in [-0.1, -0.05) is 29.8 Å². The summed E-state index contributed by atoms with van der Waals surface area (Å²) < 4.78 is 1.94. The molecular formula is C16H13N5. The Hall–Kier alpha value is -2.95. The van der Waals surface area contributed by atoms with Crippen LogP contribution in [0.2, 0.25) is 0 Å². The maximum atomic E-state index is 4.66. The first-order chi connectivity index (χ1) is 10.3. The van der Waals surface area contributed by atoms with Crippen molar-refractivity contribution in [2.24, 2.45) is 0 Å². The third kappa shape index (κ3) is 1.99. The monoisotopic (exact) mass is 275 g/mol. The maximum Gasteiger partial charge on any atom is 0.204 e. The highest BCUT2D eigenvalue weighted by Gasteiger charge is 2.10. The van der Waals surface area contributed by atoms with Crippen LogP contribution in [-0.2, 0) is 0 Å². The number of para-hydroxylation sites is 2. The summed E-state index contributed by atoms with van der Waals surface area (Å²) in [6.45, 7) is 2.06. The predicted molar refractivity (Wildman–Crippen MR) is 82.7 cm³/mol. The molecule has 5 nitrogen and oxygen atoms in total. The van der Waals surface area contributed by atoms with Crippen LogP contribution >= 0.6 is 0 Å². The zero-order valence-corrected chi connectivity index (χ0v) is 11.5. The molecule has 0 aliphatic heterocycles. The molecule has 0 aliphatic rings. The number of fused-ring (bicyclic) bond motifs is 3. The first-order valence-electron chi connectivity index (χ1n) is 6.73. The lowest BCUT2D eigenvalue weighted by Gasteiger charge is -2.09. The van der Waals surface area contributed by atoms with E-state index >= 15 is 0 Å². The molecule has 0 radical (unpaired) electrons. The minimum Gasteiger partial charge on any atom is -0.337 e. The van der Waals surface area contributed by atoms with Gasteiger partial charge in [0.1, 0.15) is 6.33 Å². The topological polar surface area (TPSA) is 55.1 Å². The van der Waals surface area contributed by atoms with Gasteiger partial charge in [-0.15, -0.1) is 10.2 Å². The number of benzene rings is 2. The maximum absolute atomic E-state index is 4.66. The Labute approximate surface area is 121 Å². The van der Waals surface area contributed by atoms with Crippen LogP contribution in [0.25, 0.3) is 16.7 Å². The van der Waals surface area contributed by atoms with Gasteiger partial charge in [0.15, 0.2) is 5.82 Å². The number of hydrogen-bond acceptors (Lipinski definition) is 4. The smallest absolute Gasteiger partial charge is 0.204 e. The van der Waals surface area contributed by atoms with Crippen LogP contribution < -0.4 is 5.32 Å². The van der Waals surface area contributed by atoms with E-state index in [4.69, 9.17) is 0 Å². The van der Waals surface area contributed by atoms with Crippen LogP contribution in [0.4, 0.5) is 11.5 Å². The molecule has 1 N–H and O–H groups in total. The van der Waals surface area contributed by atoms with Crippen molar-refractivity contribution in [3.8, 4) is 0 Å². The molecule has 2 aromatic heterocycles. The van der Waals surface area contributed by atoms with Gasteiger partial charge in [0.2, 0.25) is 5.65 Å². The van der Waals surface area contributed by atoms with E-state index in [9.17, 15) is 0 Å². The van der Waals surface area contributed by atoms with E-state index in [1.807, 2.05) is 40.8 Å². The van der Waals surface area contributed by atoms with Crippen LogP contribution in [0.1, 0.15) is 5.56 Å². The summed E-state index contributed by atoms with van der Waals surface area (Å²) in [5, 5.41) is 11.5. The second kappa shape index (κ2) is 4.56. The average Bonchev–Trinajstić information content (AvgIpc) is 3.00. The minimum atomic E-state index is 0.704. The molecule has 2 heterocycles. The fraction of sp³-hybridized carbons (Fsp3) is 0.0625. The molecule has 0 atom stereocenters. The Morgan fingerprint density at radius 2 is 1.81 bits per heavy atom. The standard InChI is InChI=1S/C16H13N5/c1-11-6-8-12(9-7-11)18-15-16-20-17-10-21(16)14-5-3-2-4-13(14)19-15/h2-10H,1H3,(H,18,19). The lowest BCUT2D eigenvalue weighted by Crippen LogP contribution is -1.99. The molecule has 21 heavy (non-hydrogen) atoms. The number of aryl methyl sites for hydroxylation is 1. The van der Waals surface area contributed by atoms with Crippen molar-refractivity contribution in [2.75, 3.05) is 5.32 Å². The van der Waals surface area contributed by atoms with Gasteiger partial charge in [-0.3, -0.25) is 4.40 Å². The molecule has 2 aromatic carbocycles. The van der Waals surface area contributed by atoms with Crippen LogP contribution in [0.3, 0.4) is 0 Å². The molecule has 0 unspecified atom stereocenters. The Balaban J connectivity index is 1.90. The molecule has 0 spiro atoms. The first kappa shape index (κ1) is 11.8. The van der Waals surface area contributed by atoms with Crippen molar-refractivity contribution < 1.29 is 0 Å². The fourth-order valence-corrected chi connectivity index (χ4v) is 2.36. The van der Waals surface area contributed by atoms with Gasteiger partial charge in [0.05, 0.1) is 11.0 Å². The quantitative estimate of drug-likeness (QED) is 0.609. The molecule has 0 fully saturated rings. The predicted octanol–water partition coefficient (Wildman–Crippen LogP) is 3.33. The van der Waals surface area contributed by atoms with Gasteiger partial charge in [-0.05, 0) is 31.2 Å². The van der Waals surface area contributed by atoms with E-state index in [0.717, 1.165) is 16.7 Å². The molecule has 0 saturated carbocycles. The summed E-state index contributed by atoms with van der Waals surface area (Å²) in [6.07, 6.45) is 1.71. The third-order valence-electron chi connectivity index (χ3n) is 3.45. The molecule has 0 saturated heterocycles. The summed E-state index contributed by atoms with van der Waals surface area (Å²) in [7, 11) is 0. The number of rotatable bonds is 2. The van der Waals surface area contributed by atoms with Gasteiger partial charge in [-0.2, -0.15) is 0 Å². The van der Waals surface area contributed by atoms with Crippen LogP contribution in [0.15, 0.2) is 54.9 Å². The number of aromatic nitrogens is 4. The Morgan fingerprint density at radius 1 is 1.00 bits per heavy atom. The zero-order valence-electron chi connectivity index (χ0n) is 11.5. The summed E-state index contributed by atoms with van der Waals surface area (Å²) in [6, 6.07) is 16.1. The van der Waals surface area contributed by atoms with Crippen LogP contribution in [0, 0.1) is 6.92 Å². The van der Waals surface area contributed by atoms with E-state index in [1.165, 1.54) is 5.56 Å². The zero-order chi connectivity index (χ0) is 14.2. The molecule has 0 bridgehead atoms. The van der Waals surface area contributed by atoms with E-state index in [-0.39, 0.29) is 0 Å². The largest absolute Gasteiger partial charge is 0.337 e. The van der Waals surface area contributed by atoms with Crippen molar-refractivity contribution in [2.45, 2.75) is 6.92 Å². The van der Waals surface area contributed by atoms with Crippen molar-refractivity contribution in [3.63, 3.8) is 0 Å². The van der Waals surface area contributed by atoms with E-state index in [1.54, 1.807) is 6.33 Å². The first-order valence-corrected chi connectivity index (χ1v) is 6.73. The SMILES string of the molecule is Cc1ccc(Nc2nc3ccccc3n3cnnc23)cc1. The van der Waals surface area contributed by atoms with Gasteiger partial charge < -0.3 is 5.32 Å². The van der Waals surface area contributed by atoms with E-state index < -0.39 is 0 Å². The number of nitrogens with zero attached hydrogens (tertiary/aromatic N) is 4. The lowest BCUT2D eigenvalue weighted by molar-refractivity contribution is 1.11. The van der Waals surface area contributed by atoms with Gasteiger partial charge in [0.25, 0.3) is 0 Å². The average molecular weight is 275 g/mol. The third-order valence-corrected chi connectivity index (χ3v) is 3.45. The normalized spacial score (nSPS) is 11.1. The van der Waals surface area contributed by atoms with E-state index in [0.29, 0.717) is 11.5 Å². The number of nitrogens with one attached hydrogen (secondary N) is 1. The van der Waals surface area contributed by atoms with Gasteiger partial charge in [-0.25, -0.2) is 4.98 Å². The second-order valence-electron chi connectivity index (χ2n) is 4.96. The highest BCUT2D eigenvalue weighted by Crippen LogP contribution is 2.23. The molecule has 4 aromatic rings. The Bertz CT molecular complexity index is 924. The van der Waals surface area contributed by atoms with Crippen LogP contribution in [0.5, 0.6) is 0 Å². The molecule has 5 heteroatoms. The minimum absolute atomic E-state index is 0.704. The Morgan fingerprint density at radius 3 is 2.67 bits per heavy atom. The molecule has 102 valence electrons. The van der Waals surface area contributed by atoms with Gasteiger partial charge in [0, 0.05) is 5.69 Å². The fourth-order valence-electron chi connectivity index (χ4n) is 2.36.